The predicted molar refractivity (Wildman–Crippen MR) is 74.5 cm³/mol. The van der Waals surface area contributed by atoms with Gasteiger partial charge in [0.25, 0.3) is 0 Å². The third-order valence-corrected chi connectivity index (χ3v) is 3.78. The number of nitrogens with zero attached hydrogens (tertiary/aromatic N) is 1. The van der Waals surface area contributed by atoms with E-state index in [1.165, 1.54) is 6.92 Å². The number of ether oxygens (including phenoxy) is 1. The largest absolute Gasteiger partial charge is 0.374 e. The topological polar surface area (TPSA) is 38.5 Å². The molecule has 2 N–H and O–H groups in total. The summed E-state index contributed by atoms with van der Waals surface area (Å²) in [7, 11) is 0. The lowest BCUT2D eigenvalue weighted by Crippen LogP contribution is -2.47. The van der Waals surface area contributed by atoms with E-state index in [0.29, 0.717) is 13.2 Å². The van der Waals surface area contributed by atoms with Crippen LogP contribution in [0.3, 0.4) is 0 Å². The molecule has 0 aliphatic carbocycles. The monoisotopic (exact) mass is 284 g/mol. The molecular weight excluding hydrogens is 262 g/mol. The highest BCUT2D eigenvalue weighted by Gasteiger charge is 2.29. The molecule has 1 aliphatic rings. The maximum absolute atomic E-state index is 14.0. The second-order valence-corrected chi connectivity index (χ2v) is 5.34. The highest BCUT2D eigenvalue weighted by Crippen LogP contribution is 2.25. The van der Waals surface area contributed by atoms with E-state index < -0.39 is 17.7 Å². The first-order chi connectivity index (χ1) is 9.54. The predicted octanol–water partition coefficient (Wildman–Crippen LogP) is 2.38. The molecule has 1 fully saturated rings. The van der Waals surface area contributed by atoms with Gasteiger partial charge in [-0.1, -0.05) is 19.1 Å². The Bertz CT molecular complexity index is 465. The van der Waals surface area contributed by atoms with Crippen LogP contribution < -0.4 is 5.73 Å². The quantitative estimate of drug-likeness (QED) is 0.922. The number of hydrogen-bond donors (Lipinski definition) is 1. The molecule has 20 heavy (non-hydrogen) atoms. The van der Waals surface area contributed by atoms with Crippen LogP contribution in [0.25, 0.3) is 0 Å². The van der Waals surface area contributed by atoms with Gasteiger partial charge in [-0.05, 0) is 25.5 Å². The fourth-order valence-electron chi connectivity index (χ4n) is 2.59. The lowest BCUT2D eigenvalue weighted by Gasteiger charge is -2.35. The molecule has 1 aromatic carbocycles. The molecular formula is C15H22F2N2O. The van der Waals surface area contributed by atoms with Crippen LogP contribution in [0.4, 0.5) is 8.78 Å². The summed E-state index contributed by atoms with van der Waals surface area (Å²) in [5.74, 6) is -1.67. The van der Waals surface area contributed by atoms with Crippen molar-refractivity contribution in [1.82, 2.24) is 4.90 Å². The van der Waals surface area contributed by atoms with Gasteiger partial charge < -0.3 is 10.5 Å². The van der Waals surface area contributed by atoms with Crippen LogP contribution in [-0.2, 0) is 4.74 Å². The molecule has 0 radical (unpaired) electrons. The van der Waals surface area contributed by atoms with Crippen LogP contribution in [-0.4, -0.2) is 37.2 Å². The lowest BCUT2D eigenvalue weighted by molar-refractivity contribution is -0.0413. The lowest BCUT2D eigenvalue weighted by atomic mass is 9.98. The van der Waals surface area contributed by atoms with Gasteiger partial charge in [0.15, 0.2) is 11.6 Å². The number of halogens is 2. The SMILES string of the molecule is CCCN1CCOC(C(N)c2ccc(C)c(F)c2F)C1. The summed E-state index contributed by atoms with van der Waals surface area (Å²) >= 11 is 0. The smallest absolute Gasteiger partial charge is 0.163 e. The van der Waals surface area contributed by atoms with Crippen LogP contribution in [0.1, 0.15) is 30.5 Å². The van der Waals surface area contributed by atoms with Crippen LogP contribution >= 0.6 is 0 Å². The molecule has 2 atom stereocenters. The van der Waals surface area contributed by atoms with Gasteiger partial charge >= 0.3 is 0 Å². The van der Waals surface area contributed by atoms with E-state index in [-0.39, 0.29) is 17.2 Å². The van der Waals surface area contributed by atoms with E-state index in [1.807, 2.05) is 0 Å². The van der Waals surface area contributed by atoms with Crippen molar-refractivity contribution in [2.24, 2.45) is 5.73 Å². The third-order valence-electron chi connectivity index (χ3n) is 3.78. The molecule has 0 saturated carbocycles. The Morgan fingerprint density at radius 1 is 1.40 bits per heavy atom. The van der Waals surface area contributed by atoms with Crippen molar-refractivity contribution >= 4 is 0 Å². The Kier molecular flexibility index (Phi) is 5.07. The summed E-state index contributed by atoms with van der Waals surface area (Å²) in [5, 5.41) is 0. The summed E-state index contributed by atoms with van der Waals surface area (Å²) in [5.41, 5.74) is 6.57. The summed E-state index contributed by atoms with van der Waals surface area (Å²) < 4.78 is 33.3. The Labute approximate surface area is 118 Å². The maximum Gasteiger partial charge on any atom is 0.163 e. The minimum Gasteiger partial charge on any atom is -0.374 e. The van der Waals surface area contributed by atoms with Crippen molar-refractivity contribution in [1.29, 1.82) is 0 Å². The number of hydrogen-bond acceptors (Lipinski definition) is 3. The number of nitrogens with two attached hydrogens (primary N) is 1. The average molecular weight is 284 g/mol. The molecule has 0 spiro atoms. The van der Waals surface area contributed by atoms with Crippen LogP contribution in [0, 0.1) is 18.6 Å². The van der Waals surface area contributed by atoms with Gasteiger partial charge in [-0.25, -0.2) is 8.78 Å². The van der Waals surface area contributed by atoms with E-state index in [4.69, 9.17) is 10.5 Å². The van der Waals surface area contributed by atoms with Gasteiger partial charge in [-0.3, -0.25) is 4.90 Å². The zero-order chi connectivity index (χ0) is 14.7. The molecule has 0 bridgehead atoms. The summed E-state index contributed by atoms with van der Waals surface area (Å²) in [4.78, 5) is 2.25. The molecule has 5 heteroatoms. The van der Waals surface area contributed by atoms with E-state index in [1.54, 1.807) is 12.1 Å². The fourth-order valence-corrected chi connectivity index (χ4v) is 2.59. The third kappa shape index (κ3) is 3.16. The normalized spacial score (nSPS) is 21.9. The highest BCUT2D eigenvalue weighted by molar-refractivity contribution is 5.28. The Morgan fingerprint density at radius 2 is 2.15 bits per heavy atom. The minimum atomic E-state index is -0.853. The van der Waals surface area contributed by atoms with Gasteiger partial charge in [-0.15, -0.1) is 0 Å². The molecule has 0 aromatic heterocycles. The van der Waals surface area contributed by atoms with Crippen LogP contribution in [0.2, 0.25) is 0 Å². The molecule has 1 aromatic rings. The van der Waals surface area contributed by atoms with Gasteiger partial charge in [0.2, 0.25) is 0 Å². The van der Waals surface area contributed by atoms with Crippen molar-refractivity contribution in [3.63, 3.8) is 0 Å². The molecule has 1 heterocycles. The van der Waals surface area contributed by atoms with Crippen LogP contribution in [0.5, 0.6) is 0 Å². The van der Waals surface area contributed by atoms with Crippen molar-refractivity contribution in [2.75, 3.05) is 26.2 Å². The zero-order valence-electron chi connectivity index (χ0n) is 12.0. The van der Waals surface area contributed by atoms with E-state index in [2.05, 4.69) is 11.8 Å². The van der Waals surface area contributed by atoms with E-state index in [9.17, 15) is 8.78 Å². The Morgan fingerprint density at radius 3 is 2.85 bits per heavy atom. The van der Waals surface area contributed by atoms with E-state index >= 15 is 0 Å². The van der Waals surface area contributed by atoms with Gasteiger partial charge in [0, 0.05) is 18.7 Å². The molecule has 2 unspecified atom stereocenters. The molecule has 1 saturated heterocycles. The van der Waals surface area contributed by atoms with Crippen LogP contribution in [0.15, 0.2) is 12.1 Å². The highest BCUT2D eigenvalue weighted by atomic mass is 19.2. The summed E-state index contributed by atoms with van der Waals surface area (Å²) in [6.07, 6.45) is 0.752. The molecule has 1 aliphatic heterocycles. The molecule has 0 amide bonds. The van der Waals surface area contributed by atoms with Gasteiger partial charge in [0.1, 0.15) is 0 Å². The summed E-state index contributed by atoms with van der Waals surface area (Å²) in [6.45, 7) is 6.71. The Balaban J connectivity index is 2.14. The standard InChI is InChI=1S/C15H22F2N2O/c1-3-6-19-7-8-20-12(9-19)15(18)11-5-4-10(2)13(16)14(11)17/h4-5,12,15H,3,6-9,18H2,1-2H3. The van der Waals surface area contributed by atoms with Gasteiger partial charge in [0.05, 0.1) is 18.8 Å². The second kappa shape index (κ2) is 6.61. The zero-order valence-corrected chi connectivity index (χ0v) is 12.0. The number of rotatable bonds is 4. The number of benzene rings is 1. The van der Waals surface area contributed by atoms with Gasteiger partial charge in [-0.2, -0.15) is 0 Å². The molecule has 2 rings (SSSR count). The first-order valence-electron chi connectivity index (χ1n) is 7.08. The first-order valence-corrected chi connectivity index (χ1v) is 7.08. The molecule has 3 nitrogen and oxygen atoms in total. The fraction of sp³-hybridized carbons (Fsp3) is 0.600. The Hall–Kier alpha value is -1.04. The second-order valence-electron chi connectivity index (χ2n) is 5.34. The minimum absolute atomic E-state index is 0.191. The average Bonchev–Trinajstić information content (AvgIpc) is 2.45. The summed E-state index contributed by atoms with van der Waals surface area (Å²) in [6, 6.07) is 2.46. The van der Waals surface area contributed by atoms with Crippen molar-refractivity contribution in [2.45, 2.75) is 32.4 Å². The van der Waals surface area contributed by atoms with E-state index in [0.717, 1.165) is 19.5 Å². The number of aryl methyl sites for hydroxylation is 1. The van der Waals surface area contributed by atoms with Crippen molar-refractivity contribution in [3.05, 3.63) is 34.9 Å². The first kappa shape index (κ1) is 15.4. The maximum atomic E-state index is 14.0. The molecule has 112 valence electrons. The van der Waals surface area contributed by atoms with Crippen molar-refractivity contribution in [3.8, 4) is 0 Å². The van der Waals surface area contributed by atoms with Crippen molar-refractivity contribution < 1.29 is 13.5 Å². The number of morpholine rings is 1.